The van der Waals surface area contributed by atoms with Gasteiger partial charge in [-0.25, -0.2) is 13.6 Å². The first-order valence-electron chi connectivity index (χ1n) is 6.13. The second-order valence-electron chi connectivity index (χ2n) is 4.26. The second-order valence-corrected chi connectivity index (χ2v) is 4.67. The summed E-state index contributed by atoms with van der Waals surface area (Å²) in [5.74, 6) is -3.16. The molecule has 0 fully saturated rings. The molecule has 0 aliphatic rings. The van der Waals surface area contributed by atoms with Crippen LogP contribution in [0.15, 0.2) is 42.5 Å². The van der Waals surface area contributed by atoms with Crippen LogP contribution in [0.1, 0.15) is 10.4 Å². The SMILES string of the molecule is O=C(COC(=O)c1ccccc1Cl)Nc1cc(F)cc(F)c1. The third kappa shape index (κ3) is 4.26. The first-order chi connectivity index (χ1) is 10.5. The number of halogens is 3. The molecule has 2 aromatic carbocycles. The maximum Gasteiger partial charge on any atom is 0.340 e. The van der Waals surface area contributed by atoms with E-state index in [2.05, 4.69) is 5.32 Å². The number of esters is 1. The molecule has 4 nitrogen and oxygen atoms in total. The van der Waals surface area contributed by atoms with Gasteiger partial charge in [-0.2, -0.15) is 0 Å². The predicted octanol–water partition coefficient (Wildman–Crippen LogP) is 3.41. The molecule has 0 saturated carbocycles. The third-order valence-corrected chi connectivity index (χ3v) is 2.90. The van der Waals surface area contributed by atoms with Crippen LogP contribution in [0, 0.1) is 11.6 Å². The molecular weight excluding hydrogens is 316 g/mol. The van der Waals surface area contributed by atoms with Gasteiger partial charge in [-0.3, -0.25) is 4.79 Å². The monoisotopic (exact) mass is 325 g/mol. The van der Waals surface area contributed by atoms with E-state index in [0.29, 0.717) is 6.07 Å². The number of carbonyl (C=O) groups excluding carboxylic acids is 2. The fourth-order valence-corrected chi connectivity index (χ4v) is 1.87. The Labute approximate surface area is 129 Å². The Morgan fingerprint density at radius 1 is 1.09 bits per heavy atom. The summed E-state index contributed by atoms with van der Waals surface area (Å²) in [6, 6.07) is 8.75. The minimum absolute atomic E-state index is 0.0729. The minimum Gasteiger partial charge on any atom is -0.452 e. The third-order valence-electron chi connectivity index (χ3n) is 2.57. The molecule has 7 heteroatoms. The zero-order valence-electron chi connectivity index (χ0n) is 11.1. The molecule has 0 saturated heterocycles. The first-order valence-corrected chi connectivity index (χ1v) is 6.51. The molecule has 1 amide bonds. The zero-order chi connectivity index (χ0) is 16.1. The normalized spacial score (nSPS) is 10.1. The van der Waals surface area contributed by atoms with Crippen LogP contribution in [0.2, 0.25) is 5.02 Å². The number of nitrogens with one attached hydrogen (secondary N) is 1. The van der Waals surface area contributed by atoms with Gasteiger partial charge in [0, 0.05) is 11.8 Å². The van der Waals surface area contributed by atoms with Crippen molar-refractivity contribution in [3.05, 3.63) is 64.7 Å². The van der Waals surface area contributed by atoms with Gasteiger partial charge in [0.25, 0.3) is 5.91 Å². The highest BCUT2D eigenvalue weighted by Crippen LogP contribution is 2.16. The lowest BCUT2D eigenvalue weighted by Gasteiger charge is -2.07. The van der Waals surface area contributed by atoms with E-state index in [1.165, 1.54) is 12.1 Å². The summed E-state index contributed by atoms with van der Waals surface area (Å²) in [6.07, 6.45) is 0. The predicted molar refractivity (Wildman–Crippen MR) is 76.7 cm³/mol. The molecule has 0 spiro atoms. The van der Waals surface area contributed by atoms with Gasteiger partial charge in [0.05, 0.1) is 10.6 Å². The molecule has 0 aromatic heterocycles. The summed E-state index contributed by atoms with van der Waals surface area (Å²) >= 11 is 5.81. The molecular formula is C15H10ClF2NO3. The minimum atomic E-state index is -0.830. The van der Waals surface area contributed by atoms with E-state index in [9.17, 15) is 18.4 Å². The van der Waals surface area contributed by atoms with E-state index in [1.54, 1.807) is 12.1 Å². The average molecular weight is 326 g/mol. The lowest BCUT2D eigenvalue weighted by Crippen LogP contribution is -2.21. The van der Waals surface area contributed by atoms with E-state index in [1.807, 2.05) is 0 Å². The Morgan fingerprint density at radius 3 is 2.36 bits per heavy atom. The summed E-state index contributed by atoms with van der Waals surface area (Å²) in [4.78, 5) is 23.3. The standard InChI is InChI=1S/C15H10ClF2NO3/c16-13-4-2-1-3-12(13)15(21)22-8-14(20)19-11-6-9(17)5-10(18)7-11/h1-7H,8H2,(H,19,20). The number of benzene rings is 2. The topological polar surface area (TPSA) is 55.4 Å². The van der Waals surface area contributed by atoms with Crippen molar-refractivity contribution in [2.45, 2.75) is 0 Å². The van der Waals surface area contributed by atoms with Crippen LogP contribution in [-0.2, 0) is 9.53 Å². The highest BCUT2D eigenvalue weighted by Gasteiger charge is 2.13. The molecule has 0 unspecified atom stereocenters. The number of hydrogen-bond donors (Lipinski definition) is 1. The maximum atomic E-state index is 13.0. The molecule has 22 heavy (non-hydrogen) atoms. The molecule has 1 N–H and O–H groups in total. The molecule has 0 bridgehead atoms. The van der Waals surface area contributed by atoms with E-state index in [0.717, 1.165) is 12.1 Å². The lowest BCUT2D eigenvalue weighted by atomic mass is 10.2. The number of hydrogen-bond acceptors (Lipinski definition) is 3. The van der Waals surface area contributed by atoms with Crippen molar-refractivity contribution in [2.24, 2.45) is 0 Å². The highest BCUT2D eigenvalue weighted by atomic mass is 35.5. The van der Waals surface area contributed by atoms with Gasteiger partial charge in [-0.05, 0) is 24.3 Å². The summed E-state index contributed by atoms with van der Waals surface area (Å²) in [7, 11) is 0. The van der Waals surface area contributed by atoms with Gasteiger partial charge < -0.3 is 10.1 Å². The first kappa shape index (κ1) is 15.9. The van der Waals surface area contributed by atoms with Crippen LogP contribution in [0.25, 0.3) is 0 Å². The fourth-order valence-electron chi connectivity index (χ4n) is 1.66. The van der Waals surface area contributed by atoms with Crippen molar-refractivity contribution >= 4 is 29.2 Å². The number of amides is 1. The van der Waals surface area contributed by atoms with Crippen LogP contribution in [-0.4, -0.2) is 18.5 Å². The molecule has 2 rings (SSSR count). The van der Waals surface area contributed by atoms with Crippen molar-refractivity contribution in [1.29, 1.82) is 0 Å². The lowest BCUT2D eigenvalue weighted by molar-refractivity contribution is -0.119. The smallest absolute Gasteiger partial charge is 0.340 e. The van der Waals surface area contributed by atoms with E-state index in [-0.39, 0.29) is 16.3 Å². The number of carbonyl (C=O) groups is 2. The van der Waals surface area contributed by atoms with Crippen molar-refractivity contribution in [2.75, 3.05) is 11.9 Å². The summed E-state index contributed by atoms with van der Waals surface area (Å²) in [6.45, 7) is -0.609. The molecule has 0 aliphatic heterocycles. The van der Waals surface area contributed by atoms with Crippen LogP contribution < -0.4 is 5.32 Å². The van der Waals surface area contributed by atoms with Crippen LogP contribution in [0.4, 0.5) is 14.5 Å². The van der Waals surface area contributed by atoms with Gasteiger partial charge in [-0.1, -0.05) is 23.7 Å². The molecule has 0 radical (unpaired) electrons. The van der Waals surface area contributed by atoms with Gasteiger partial charge in [-0.15, -0.1) is 0 Å². The van der Waals surface area contributed by atoms with E-state index in [4.69, 9.17) is 16.3 Å². The van der Waals surface area contributed by atoms with Crippen molar-refractivity contribution in [3.8, 4) is 0 Å². The molecule has 2 aromatic rings. The van der Waals surface area contributed by atoms with Crippen molar-refractivity contribution < 1.29 is 23.1 Å². The summed E-state index contributed by atoms with van der Waals surface area (Å²) < 4.78 is 30.7. The summed E-state index contributed by atoms with van der Waals surface area (Å²) in [5.41, 5.74) is 0.0464. The Balaban J connectivity index is 1.93. The van der Waals surface area contributed by atoms with Gasteiger partial charge >= 0.3 is 5.97 Å². The largest absolute Gasteiger partial charge is 0.452 e. The fraction of sp³-hybridized carbons (Fsp3) is 0.0667. The molecule has 0 atom stereocenters. The average Bonchev–Trinajstić information content (AvgIpc) is 2.44. The Bertz CT molecular complexity index is 701. The number of ether oxygens (including phenoxy) is 1. The number of rotatable bonds is 4. The Morgan fingerprint density at radius 2 is 1.73 bits per heavy atom. The number of anilines is 1. The van der Waals surface area contributed by atoms with Crippen molar-refractivity contribution in [1.82, 2.24) is 0 Å². The second kappa shape index (κ2) is 7.00. The van der Waals surface area contributed by atoms with Crippen LogP contribution >= 0.6 is 11.6 Å². The maximum absolute atomic E-state index is 13.0. The van der Waals surface area contributed by atoms with Gasteiger partial charge in [0.1, 0.15) is 11.6 Å². The van der Waals surface area contributed by atoms with Crippen LogP contribution in [0.5, 0.6) is 0 Å². The molecule has 0 heterocycles. The Kier molecular flexibility index (Phi) is 5.06. The summed E-state index contributed by atoms with van der Waals surface area (Å²) in [5, 5.41) is 2.41. The quantitative estimate of drug-likeness (QED) is 0.876. The Hall–Kier alpha value is -2.47. The highest BCUT2D eigenvalue weighted by molar-refractivity contribution is 6.33. The van der Waals surface area contributed by atoms with Gasteiger partial charge in [0.15, 0.2) is 6.61 Å². The van der Waals surface area contributed by atoms with E-state index < -0.39 is 30.1 Å². The molecule has 114 valence electrons. The zero-order valence-corrected chi connectivity index (χ0v) is 11.9. The van der Waals surface area contributed by atoms with Crippen molar-refractivity contribution in [3.63, 3.8) is 0 Å². The van der Waals surface area contributed by atoms with E-state index >= 15 is 0 Å². The van der Waals surface area contributed by atoms with Gasteiger partial charge in [0.2, 0.25) is 0 Å². The van der Waals surface area contributed by atoms with Crippen LogP contribution in [0.3, 0.4) is 0 Å². The molecule has 0 aliphatic carbocycles.